The zero-order chi connectivity index (χ0) is 16.0. The smallest absolute Gasteiger partial charge is 0.333 e. The van der Waals surface area contributed by atoms with Crippen molar-refractivity contribution in [2.24, 2.45) is 0 Å². The van der Waals surface area contributed by atoms with Gasteiger partial charge in [-0.25, -0.2) is 4.79 Å². The third kappa shape index (κ3) is 2.07. The van der Waals surface area contributed by atoms with Crippen molar-refractivity contribution in [1.82, 2.24) is 0 Å². The van der Waals surface area contributed by atoms with Gasteiger partial charge in [0.25, 0.3) is 0 Å². The predicted molar refractivity (Wildman–Crippen MR) is 95.0 cm³/mol. The highest BCUT2D eigenvalue weighted by Crippen LogP contribution is 2.36. The van der Waals surface area contributed by atoms with E-state index in [9.17, 15) is 4.79 Å². The van der Waals surface area contributed by atoms with Crippen LogP contribution >= 0.6 is 0 Å². The molecule has 4 rings (SSSR count). The lowest BCUT2D eigenvalue weighted by Crippen LogP contribution is -2.06. The molecule has 4 aromatic rings. The van der Waals surface area contributed by atoms with E-state index in [1.165, 1.54) is 39.4 Å². The molecule has 0 saturated carbocycles. The van der Waals surface area contributed by atoms with E-state index >= 15 is 0 Å². The van der Waals surface area contributed by atoms with Crippen LogP contribution < -0.4 is 0 Å². The van der Waals surface area contributed by atoms with Gasteiger partial charge in [0.05, 0.1) is 7.11 Å². The van der Waals surface area contributed by atoms with Crippen molar-refractivity contribution >= 4 is 38.3 Å². The van der Waals surface area contributed by atoms with E-state index < -0.39 is 0 Å². The molecule has 23 heavy (non-hydrogen) atoms. The number of methoxy groups -OCH3 is 1. The minimum absolute atomic E-state index is 0.351. The van der Waals surface area contributed by atoms with Crippen LogP contribution in [-0.4, -0.2) is 13.1 Å². The third-order valence-electron chi connectivity index (χ3n) is 4.50. The monoisotopic (exact) mass is 300 g/mol. The quantitative estimate of drug-likeness (QED) is 0.307. The molecule has 112 valence electrons. The zero-order valence-corrected chi connectivity index (χ0v) is 12.9. The largest absolute Gasteiger partial charge is 0.466 e. The van der Waals surface area contributed by atoms with E-state index in [-0.39, 0.29) is 5.97 Å². The molecule has 2 nitrogen and oxygen atoms in total. The van der Waals surface area contributed by atoms with Gasteiger partial charge in [-0.2, -0.15) is 0 Å². The average Bonchev–Trinajstić information content (AvgIpc) is 2.60. The number of carbonyl (C=O) groups excluding carboxylic acids is 1. The van der Waals surface area contributed by atoms with Gasteiger partial charge in [0.1, 0.15) is 0 Å². The maximum atomic E-state index is 11.7. The molecule has 0 N–H and O–H groups in total. The summed E-state index contributed by atoms with van der Waals surface area (Å²) in [6.45, 7) is 3.86. The summed E-state index contributed by atoms with van der Waals surface area (Å²) in [4.78, 5) is 11.7. The molecule has 0 aromatic heterocycles. The molecule has 0 saturated heterocycles. The highest BCUT2D eigenvalue weighted by Gasteiger charge is 2.13. The van der Waals surface area contributed by atoms with Crippen LogP contribution in [0.15, 0.2) is 66.7 Å². The Morgan fingerprint density at radius 3 is 2.22 bits per heavy atom. The second-order valence-electron chi connectivity index (χ2n) is 5.85. The first-order valence-electron chi connectivity index (χ1n) is 7.60. The van der Waals surface area contributed by atoms with Crippen molar-refractivity contribution in [3.63, 3.8) is 0 Å². The number of benzene rings is 4. The van der Waals surface area contributed by atoms with Gasteiger partial charge >= 0.3 is 5.97 Å². The van der Waals surface area contributed by atoms with E-state index in [0.717, 1.165) is 5.56 Å². The van der Waals surface area contributed by atoms with Gasteiger partial charge in [-0.15, -0.1) is 0 Å². The number of rotatable bonds is 3. The van der Waals surface area contributed by atoms with Crippen LogP contribution in [0.25, 0.3) is 32.3 Å². The van der Waals surface area contributed by atoms with Gasteiger partial charge in [-0.3, -0.25) is 0 Å². The Morgan fingerprint density at radius 2 is 1.52 bits per heavy atom. The fourth-order valence-corrected chi connectivity index (χ4v) is 3.40. The Hall–Kier alpha value is -2.87. The maximum absolute atomic E-state index is 11.7. The number of hydrogen-bond acceptors (Lipinski definition) is 2. The van der Waals surface area contributed by atoms with Gasteiger partial charge in [0.2, 0.25) is 0 Å². The van der Waals surface area contributed by atoms with Gasteiger partial charge in [-0.1, -0.05) is 61.2 Å². The highest BCUT2D eigenvalue weighted by molar-refractivity contribution is 6.23. The predicted octanol–water partition coefficient (Wildman–Crippen LogP) is 4.86. The molecule has 2 heteroatoms. The standard InChI is InChI=1S/C21H16O2/c1-13(21(22)23-2)12-17-9-8-16-7-6-14-4-3-5-15-10-11-18(17)20(16)19(14)15/h3-11H,1,12H2,2H3. The van der Waals surface area contributed by atoms with Crippen LogP contribution in [0.3, 0.4) is 0 Å². The van der Waals surface area contributed by atoms with Gasteiger partial charge in [0.15, 0.2) is 0 Å². The Morgan fingerprint density at radius 1 is 0.913 bits per heavy atom. The van der Waals surface area contributed by atoms with E-state index in [1.807, 2.05) is 0 Å². The maximum Gasteiger partial charge on any atom is 0.333 e. The third-order valence-corrected chi connectivity index (χ3v) is 4.50. The Labute approximate surface area is 134 Å². The molecule has 0 bridgehead atoms. The van der Waals surface area contributed by atoms with E-state index in [4.69, 9.17) is 4.74 Å². The highest BCUT2D eigenvalue weighted by atomic mass is 16.5. The Kier molecular flexibility index (Phi) is 3.05. The fraction of sp³-hybridized carbons (Fsp3) is 0.0952. The molecule has 0 spiro atoms. The second-order valence-corrected chi connectivity index (χ2v) is 5.85. The molecule has 0 unspecified atom stereocenters. The molecule has 0 aliphatic rings. The van der Waals surface area contributed by atoms with E-state index in [2.05, 4.69) is 61.2 Å². The molecule has 0 aliphatic carbocycles. The van der Waals surface area contributed by atoms with Crippen LogP contribution in [0.2, 0.25) is 0 Å². The lowest BCUT2D eigenvalue weighted by molar-refractivity contribution is -0.136. The van der Waals surface area contributed by atoms with Crippen LogP contribution in [-0.2, 0) is 16.0 Å². The average molecular weight is 300 g/mol. The molecule has 0 fully saturated rings. The first kappa shape index (κ1) is 13.8. The summed E-state index contributed by atoms with van der Waals surface area (Å²) in [5, 5.41) is 7.42. The van der Waals surface area contributed by atoms with Crippen molar-refractivity contribution < 1.29 is 9.53 Å². The van der Waals surface area contributed by atoms with E-state index in [1.54, 1.807) is 0 Å². The molecule has 0 radical (unpaired) electrons. The van der Waals surface area contributed by atoms with Gasteiger partial charge < -0.3 is 4.74 Å². The Balaban J connectivity index is 2.00. The lowest BCUT2D eigenvalue weighted by atomic mass is 9.90. The summed E-state index contributed by atoms with van der Waals surface area (Å²) in [7, 11) is 1.39. The minimum atomic E-state index is -0.351. The fourth-order valence-electron chi connectivity index (χ4n) is 3.40. The second kappa shape index (κ2) is 5.10. The summed E-state index contributed by atoms with van der Waals surface area (Å²) < 4.78 is 4.77. The molecule has 4 aromatic carbocycles. The van der Waals surface area contributed by atoms with Crippen LogP contribution in [0, 0.1) is 0 Å². The minimum Gasteiger partial charge on any atom is -0.466 e. The van der Waals surface area contributed by atoms with Crippen molar-refractivity contribution in [3.8, 4) is 0 Å². The summed E-state index contributed by atoms with van der Waals surface area (Å²) in [5.41, 5.74) is 1.58. The number of hydrogen-bond donors (Lipinski definition) is 0. The zero-order valence-electron chi connectivity index (χ0n) is 12.9. The van der Waals surface area contributed by atoms with Crippen molar-refractivity contribution in [2.75, 3.05) is 7.11 Å². The topological polar surface area (TPSA) is 26.3 Å². The van der Waals surface area contributed by atoms with Crippen LogP contribution in [0.5, 0.6) is 0 Å². The molecule has 0 amide bonds. The van der Waals surface area contributed by atoms with Gasteiger partial charge in [0, 0.05) is 12.0 Å². The van der Waals surface area contributed by atoms with Crippen LogP contribution in [0.1, 0.15) is 5.56 Å². The lowest BCUT2D eigenvalue weighted by Gasteiger charge is -2.14. The normalized spacial score (nSPS) is 11.3. The van der Waals surface area contributed by atoms with E-state index in [0.29, 0.717) is 12.0 Å². The Bertz CT molecular complexity index is 1040. The van der Waals surface area contributed by atoms with Crippen molar-refractivity contribution in [3.05, 3.63) is 72.3 Å². The van der Waals surface area contributed by atoms with Crippen molar-refractivity contribution in [2.45, 2.75) is 6.42 Å². The van der Waals surface area contributed by atoms with Crippen LogP contribution in [0.4, 0.5) is 0 Å². The van der Waals surface area contributed by atoms with Crippen molar-refractivity contribution in [1.29, 1.82) is 0 Å². The number of ether oxygens (including phenoxy) is 1. The summed E-state index contributed by atoms with van der Waals surface area (Å²) in [5.74, 6) is -0.351. The summed E-state index contributed by atoms with van der Waals surface area (Å²) >= 11 is 0. The number of carbonyl (C=O) groups is 1. The molecular formula is C21H16O2. The summed E-state index contributed by atoms with van der Waals surface area (Å²) in [6.07, 6.45) is 0.501. The SMILES string of the molecule is C=C(Cc1ccc2ccc3cccc4ccc1c2c34)C(=O)OC. The first-order valence-corrected chi connectivity index (χ1v) is 7.60. The molecule has 0 aliphatic heterocycles. The molecule has 0 atom stereocenters. The summed E-state index contributed by atoms with van der Waals surface area (Å²) in [6, 6.07) is 19.2. The first-order chi connectivity index (χ1) is 11.2. The van der Waals surface area contributed by atoms with Gasteiger partial charge in [-0.05, 0) is 37.9 Å². The molecule has 0 heterocycles. The number of esters is 1. The molecular weight excluding hydrogens is 284 g/mol.